The fourth-order valence-electron chi connectivity index (χ4n) is 5.26. The first-order valence-corrected chi connectivity index (χ1v) is 12.5. The number of aromatic nitrogens is 1. The van der Waals surface area contributed by atoms with Crippen LogP contribution in [-0.2, 0) is 6.54 Å². The summed E-state index contributed by atoms with van der Waals surface area (Å²) in [6, 6.07) is 15.2. The second-order valence-corrected chi connectivity index (χ2v) is 10.1. The van der Waals surface area contributed by atoms with E-state index in [1.54, 1.807) is 6.26 Å². The summed E-state index contributed by atoms with van der Waals surface area (Å²) in [6.07, 6.45) is 5.87. The highest BCUT2D eigenvalue weighted by Gasteiger charge is 2.22. The Kier molecular flexibility index (Phi) is 6.48. The number of hydrogen-bond donors (Lipinski definition) is 2. The molecule has 4 aromatic rings. The molecule has 0 saturated heterocycles. The molecule has 0 unspecified atom stereocenters. The van der Waals surface area contributed by atoms with Gasteiger partial charge in [-0.25, -0.2) is 4.98 Å². The summed E-state index contributed by atoms with van der Waals surface area (Å²) >= 11 is 0. The minimum absolute atomic E-state index is 0.0694. The Balaban J connectivity index is 1.21. The highest BCUT2D eigenvalue weighted by atomic mass is 16.3. The number of nitrogens with zero attached hydrogens (tertiary/aromatic N) is 2. The molecule has 0 spiro atoms. The third kappa shape index (κ3) is 4.89. The van der Waals surface area contributed by atoms with Gasteiger partial charge in [-0.3, -0.25) is 4.79 Å². The van der Waals surface area contributed by atoms with E-state index in [0.717, 1.165) is 48.1 Å². The van der Waals surface area contributed by atoms with Crippen molar-refractivity contribution in [3.05, 3.63) is 75.6 Å². The van der Waals surface area contributed by atoms with Gasteiger partial charge in [0.1, 0.15) is 11.4 Å². The lowest BCUT2D eigenvalue weighted by atomic mass is 9.91. The Morgan fingerprint density at radius 2 is 1.74 bits per heavy atom. The molecule has 2 N–H and O–H groups in total. The second kappa shape index (κ2) is 9.70. The Labute approximate surface area is 206 Å². The summed E-state index contributed by atoms with van der Waals surface area (Å²) in [7, 11) is 4.14. The average molecular weight is 471 g/mol. The number of pyridine rings is 1. The number of aryl methyl sites for hydroxylation is 2. The number of fused-ring (bicyclic) bond motifs is 2. The van der Waals surface area contributed by atoms with Crippen molar-refractivity contribution in [2.24, 2.45) is 0 Å². The molecule has 2 aromatic carbocycles. The van der Waals surface area contributed by atoms with Crippen LogP contribution in [0.2, 0.25) is 0 Å². The zero-order valence-corrected chi connectivity index (χ0v) is 21.0. The number of benzene rings is 2. The van der Waals surface area contributed by atoms with Crippen molar-refractivity contribution in [3.8, 4) is 0 Å². The zero-order valence-electron chi connectivity index (χ0n) is 21.0. The lowest BCUT2D eigenvalue weighted by Gasteiger charge is -2.30. The van der Waals surface area contributed by atoms with Crippen LogP contribution in [0, 0.1) is 13.8 Å². The Bertz CT molecular complexity index is 1420. The van der Waals surface area contributed by atoms with Gasteiger partial charge in [0.15, 0.2) is 5.43 Å². The topological polar surface area (TPSA) is 70.4 Å². The molecule has 0 amide bonds. The van der Waals surface area contributed by atoms with Crippen molar-refractivity contribution in [1.29, 1.82) is 0 Å². The molecular formula is C29H34N4O2. The minimum atomic E-state index is 0.0694. The summed E-state index contributed by atoms with van der Waals surface area (Å²) < 4.78 is 5.83. The van der Waals surface area contributed by atoms with Crippen LogP contribution in [0.15, 0.2) is 57.9 Å². The van der Waals surface area contributed by atoms with E-state index in [9.17, 15) is 4.79 Å². The van der Waals surface area contributed by atoms with Crippen molar-refractivity contribution >= 4 is 33.4 Å². The number of para-hydroxylation sites is 1. The van der Waals surface area contributed by atoms with Crippen molar-refractivity contribution in [3.63, 3.8) is 0 Å². The molecule has 0 atom stereocenters. The summed E-state index contributed by atoms with van der Waals surface area (Å²) in [5, 5.41) is 9.11. The van der Waals surface area contributed by atoms with Gasteiger partial charge in [-0.1, -0.05) is 24.3 Å². The minimum Gasteiger partial charge on any atom is -0.463 e. The van der Waals surface area contributed by atoms with Crippen LogP contribution in [-0.4, -0.2) is 31.2 Å². The molecule has 182 valence electrons. The molecular weight excluding hydrogens is 436 g/mol. The zero-order chi connectivity index (χ0) is 24.5. The van der Waals surface area contributed by atoms with Gasteiger partial charge in [0, 0.05) is 55.4 Å². The van der Waals surface area contributed by atoms with Crippen LogP contribution in [0.5, 0.6) is 0 Å². The first-order valence-electron chi connectivity index (χ1n) is 12.5. The van der Waals surface area contributed by atoms with Crippen LogP contribution >= 0.6 is 0 Å². The SMILES string of the molecule is Cc1cc(C)c2occ(CN[C@H]3CC[C@@H](Nc4cc(N(C)C)c5ccccc5n4)CC3)c(=O)c2c1. The van der Waals surface area contributed by atoms with Gasteiger partial charge < -0.3 is 20.0 Å². The van der Waals surface area contributed by atoms with Crippen molar-refractivity contribution < 1.29 is 4.42 Å². The van der Waals surface area contributed by atoms with Gasteiger partial charge in [0.2, 0.25) is 0 Å². The van der Waals surface area contributed by atoms with Crippen molar-refractivity contribution in [1.82, 2.24) is 10.3 Å². The fraction of sp³-hybridized carbons (Fsp3) is 0.379. The number of rotatable bonds is 6. The Morgan fingerprint density at radius 3 is 2.51 bits per heavy atom. The summed E-state index contributed by atoms with van der Waals surface area (Å²) in [5.41, 5.74) is 5.72. The predicted octanol–water partition coefficient (Wildman–Crippen LogP) is 5.54. The van der Waals surface area contributed by atoms with E-state index in [4.69, 9.17) is 9.40 Å². The summed E-state index contributed by atoms with van der Waals surface area (Å²) in [6.45, 7) is 4.53. The average Bonchev–Trinajstić information content (AvgIpc) is 2.84. The van der Waals surface area contributed by atoms with E-state index in [1.807, 2.05) is 32.0 Å². The second-order valence-electron chi connectivity index (χ2n) is 10.1. The smallest absolute Gasteiger partial charge is 0.197 e. The normalized spacial score (nSPS) is 18.2. The molecule has 1 aliphatic carbocycles. The highest BCUT2D eigenvalue weighted by Crippen LogP contribution is 2.29. The van der Waals surface area contributed by atoms with E-state index in [1.165, 1.54) is 11.1 Å². The van der Waals surface area contributed by atoms with Crippen LogP contribution in [0.3, 0.4) is 0 Å². The van der Waals surface area contributed by atoms with Gasteiger partial charge in [0.05, 0.1) is 17.2 Å². The van der Waals surface area contributed by atoms with Gasteiger partial charge in [0.25, 0.3) is 0 Å². The molecule has 1 saturated carbocycles. The largest absolute Gasteiger partial charge is 0.463 e. The van der Waals surface area contributed by atoms with E-state index in [0.29, 0.717) is 35.2 Å². The fourth-order valence-corrected chi connectivity index (χ4v) is 5.26. The summed E-state index contributed by atoms with van der Waals surface area (Å²) in [5.74, 6) is 0.933. The maximum atomic E-state index is 13.0. The molecule has 35 heavy (non-hydrogen) atoms. The van der Waals surface area contributed by atoms with Gasteiger partial charge >= 0.3 is 0 Å². The molecule has 0 radical (unpaired) electrons. The maximum Gasteiger partial charge on any atom is 0.197 e. The molecule has 6 nitrogen and oxygen atoms in total. The molecule has 1 fully saturated rings. The first-order chi connectivity index (χ1) is 16.9. The van der Waals surface area contributed by atoms with E-state index in [-0.39, 0.29) is 5.43 Å². The third-order valence-corrected chi connectivity index (χ3v) is 7.11. The lowest BCUT2D eigenvalue weighted by molar-refractivity contribution is 0.351. The summed E-state index contributed by atoms with van der Waals surface area (Å²) in [4.78, 5) is 20.0. The van der Waals surface area contributed by atoms with Gasteiger partial charge in [-0.15, -0.1) is 0 Å². The van der Waals surface area contributed by atoms with E-state index >= 15 is 0 Å². The third-order valence-electron chi connectivity index (χ3n) is 7.11. The van der Waals surface area contributed by atoms with Crippen LogP contribution in [0.4, 0.5) is 11.5 Å². The van der Waals surface area contributed by atoms with Crippen LogP contribution in [0.25, 0.3) is 21.9 Å². The van der Waals surface area contributed by atoms with E-state index < -0.39 is 0 Å². The molecule has 6 heteroatoms. The standard InChI is InChI=1S/C29H34N4O2/c1-18-13-19(2)29-24(14-18)28(34)20(17-35-29)16-30-21-9-11-22(12-10-21)31-27-15-26(33(3)4)23-7-5-6-8-25(23)32-27/h5-8,13-15,17,21-22,30H,9-12,16H2,1-4H3,(H,31,32)/t21-,22+. The first kappa shape index (κ1) is 23.4. The quantitative estimate of drug-likeness (QED) is 0.386. The van der Waals surface area contributed by atoms with Gasteiger partial charge in [-0.2, -0.15) is 0 Å². The molecule has 0 bridgehead atoms. The van der Waals surface area contributed by atoms with E-state index in [2.05, 4.69) is 53.9 Å². The monoisotopic (exact) mass is 470 g/mol. The number of anilines is 2. The lowest BCUT2D eigenvalue weighted by Crippen LogP contribution is -2.37. The number of nitrogens with one attached hydrogen (secondary N) is 2. The van der Waals surface area contributed by atoms with Gasteiger partial charge in [-0.05, 0) is 62.8 Å². The molecule has 2 aromatic heterocycles. The number of hydrogen-bond acceptors (Lipinski definition) is 6. The molecule has 0 aliphatic heterocycles. The molecule has 5 rings (SSSR count). The van der Waals surface area contributed by atoms with Crippen molar-refractivity contribution in [2.75, 3.05) is 24.3 Å². The molecule has 2 heterocycles. The Hall–Kier alpha value is -3.38. The Morgan fingerprint density at radius 1 is 1.00 bits per heavy atom. The van der Waals surface area contributed by atoms with Crippen LogP contribution < -0.4 is 21.0 Å². The molecule has 1 aliphatic rings. The van der Waals surface area contributed by atoms with Crippen molar-refractivity contribution in [2.45, 2.75) is 58.2 Å². The van der Waals surface area contributed by atoms with Crippen LogP contribution in [0.1, 0.15) is 42.4 Å². The predicted molar refractivity (Wildman–Crippen MR) is 145 cm³/mol. The highest BCUT2D eigenvalue weighted by molar-refractivity contribution is 5.93. The maximum absolute atomic E-state index is 13.0.